The van der Waals surface area contributed by atoms with Crippen LogP contribution in [0.4, 0.5) is 11.4 Å². The van der Waals surface area contributed by atoms with Crippen molar-refractivity contribution in [1.29, 1.82) is 0 Å². The number of thiophene rings is 1. The number of nitrogens with zero attached hydrogens (tertiary/aromatic N) is 1. The quantitative estimate of drug-likeness (QED) is 0.585. The van der Waals surface area contributed by atoms with Crippen LogP contribution < -0.4 is 11.1 Å². The van der Waals surface area contributed by atoms with Gasteiger partial charge < -0.3 is 11.1 Å². The summed E-state index contributed by atoms with van der Waals surface area (Å²) in [5.74, 6) is -0.139. The molecule has 1 fully saturated rings. The summed E-state index contributed by atoms with van der Waals surface area (Å²) in [6.07, 6.45) is 3.91. The standard InChI is InChI=1S/C23H25N3OS/c24-20-11-10-19(22-5-4-14-28-22)15-21(20)25-23(27)18-8-6-17(7-9-18)16-26-12-2-1-3-13-26/h4-11,14-15H,1-3,12-13,16,24H2,(H,25,27). The van der Waals surface area contributed by atoms with Gasteiger partial charge in [-0.2, -0.15) is 0 Å². The maximum atomic E-state index is 12.7. The summed E-state index contributed by atoms with van der Waals surface area (Å²) >= 11 is 1.66. The van der Waals surface area contributed by atoms with Crippen molar-refractivity contribution in [2.75, 3.05) is 24.1 Å². The predicted molar refractivity (Wildman–Crippen MR) is 118 cm³/mol. The summed E-state index contributed by atoms with van der Waals surface area (Å²) < 4.78 is 0. The van der Waals surface area contributed by atoms with Gasteiger partial charge in [0.1, 0.15) is 0 Å². The second-order valence-corrected chi connectivity index (χ2v) is 8.21. The number of carbonyl (C=O) groups excluding carboxylic acids is 1. The van der Waals surface area contributed by atoms with Crippen molar-refractivity contribution in [3.8, 4) is 10.4 Å². The third-order valence-corrected chi connectivity index (χ3v) is 6.10. The molecular formula is C23H25N3OS. The van der Waals surface area contributed by atoms with Gasteiger partial charge in [-0.05, 0) is 72.8 Å². The number of nitrogen functional groups attached to an aromatic ring is 1. The molecule has 4 rings (SSSR count). The predicted octanol–water partition coefficient (Wildman–Crippen LogP) is 5.24. The molecule has 3 aromatic rings. The lowest BCUT2D eigenvalue weighted by molar-refractivity contribution is 0.102. The number of nitrogens with one attached hydrogen (secondary N) is 1. The molecule has 2 heterocycles. The molecule has 0 atom stereocenters. The third kappa shape index (κ3) is 4.43. The van der Waals surface area contributed by atoms with Crippen molar-refractivity contribution in [1.82, 2.24) is 4.90 Å². The van der Waals surface area contributed by atoms with Gasteiger partial charge in [0, 0.05) is 17.0 Å². The molecular weight excluding hydrogens is 366 g/mol. The first kappa shape index (κ1) is 18.7. The molecule has 3 N–H and O–H groups in total. The topological polar surface area (TPSA) is 58.4 Å². The Bertz CT molecular complexity index is 929. The van der Waals surface area contributed by atoms with E-state index in [-0.39, 0.29) is 5.91 Å². The van der Waals surface area contributed by atoms with Crippen molar-refractivity contribution in [2.45, 2.75) is 25.8 Å². The van der Waals surface area contributed by atoms with Crippen LogP contribution in [0.15, 0.2) is 60.0 Å². The minimum absolute atomic E-state index is 0.139. The minimum Gasteiger partial charge on any atom is -0.397 e. The van der Waals surface area contributed by atoms with Crippen molar-refractivity contribution >= 4 is 28.6 Å². The highest BCUT2D eigenvalue weighted by molar-refractivity contribution is 7.13. The van der Waals surface area contributed by atoms with E-state index in [0.29, 0.717) is 16.9 Å². The second-order valence-electron chi connectivity index (χ2n) is 7.27. The van der Waals surface area contributed by atoms with Crippen molar-refractivity contribution in [3.63, 3.8) is 0 Å². The van der Waals surface area contributed by atoms with Crippen LogP contribution in [-0.2, 0) is 6.54 Å². The van der Waals surface area contributed by atoms with Crippen LogP contribution in [0.5, 0.6) is 0 Å². The second kappa shape index (κ2) is 8.59. The average molecular weight is 392 g/mol. The number of benzene rings is 2. The Labute approximate surface area is 170 Å². The number of hydrogen-bond donors (Lipinski definition) is 2. The highest BCUT2D eigenvalue weighted by atomic mass is 32.1. The normalized spacial score (nSPS) is 14.7. The maximum Gasteiger partial charge on any atom is 0.255 e. The largest absolute Gasteiger partial charge is 0.397 e. The average Bonchev–Trinajstić information content (AvgIpc) is 3.26. The zero-order valence-corrected chi connectivity index (χ0v) is 16.7. The zero-order chi connectivity index (χ0) is 19.3. The van der Waals surface area contributed by atoms with E-state index in [1.54, 1.807) is 11.3 Å². The van der Waals surface area contributed by atoms with Gasteiger partial charge >= 0.3 is 0 Å². The van der Waals surface area contributed by atoms with Gasteiger partial charge in [0.05, 0.1) is 11.4 Å². The summed E-state index contributed by atoms with van der Waals surface area (Å²) in [5.41, 5.74) is 10.2. The summed E-state index contributed by atoms with van der Waals surface area (Å²) in [5, 5.41) is 5.00. The first-order valence-corrected chi connectivity index (χ1v) is 10.6. The van der Waals surface area contributed by atoms with Crippen LogP contribution in [0.1, 0.15) is 35.2 Å². The Morgan fingerprint density at radius 3 is 2.54 bits per heavy atom. The molecule has 1 aliphatic heterocycles. The van der Waals surface area contributed by atoms with Crippen LogP contribution in [0, 0.1) is 0 Å². The van der Waals surface area contributed by atoms with Gasteiger partial charge in [0.2, 0.25) is 0 Å². The molecule has 0 bridgehead atoms. The number of piperidine rings is 1. The minimum atomic E-state index is -0.139. The highest BCUT2D eigenvalue weighted by Crippen LogP contribution is 2.30. The number of rotatable bonds is 5. The molecule has 2 aromatic carbocycles. The fourth-order valence-electron chi connectivity index (χ4n) is 3.59. The van der Waals surface area contributed by atoms with Crippen molar-refractivity contribution in [2.24, 2.45) is 0 Å². The Morgan fingerprint density at radius 2 is 1.82 bits per heavy atom. The van der Waals surface area contributed by atoms with E-state index in [0.717, 1.165) is 17.0 Å². The summed E-state index contributed by atoms with van der Waals surface area (Å²) in [4.78, 5) is 16.3. The van der Waals surface area contributed by atoms with E-state index in [1.807, 2.05) is 41.8 Å². The first-order chi connectivity index (χ1) is 13.7. The molecule has 4 nitrogen and oxygen atoms in total. The highest BCUT2D eigenvalue weighted by Gasteiger charge is 2.12. The molecule has 1 aliphatic rings. The Hall–Kier alpha value is -2.63. The van der Waals surface area contributed by atoms with Crippen LogP contribution in [0.25, 0.3) is 10.4 Å². The lowest BCUT2D eigenvalue weighted by Gasteiger charge is -2.26. The molecule has 28 heavy (non-hydrogen) atoms. The van der Waals surface area contributed by atoms with Crippen molar-refractivity contribution < 1.29 is 4.79 Å². The van der Waals surface area contributed by atoms with Gasteiger partial charge in [-0.15, -0.1) is 11.3 Å². The monoisotopic (exact) mass is 391 g/mol. The molecule has 1 amide bonds. The molecule has 0 unspecified atom stereocenters. The SMILES string of the molecule is Nc1ccc(-c2cccs2)cc1NC(=O)c1ccc(CN2CCCCC2)cc1. The van der Waals surface area contributed by atoms with E-state index >= 15 is 0 Å². The molecule has 1 aromatic heterocycles. The Kier molecular flexibility index (Phi) is 5.74. The van der Waals surface area contributed by atoms with E-state index in [4.69, 9.17) is 5.73 Å². The third-order valence-electron chi connectivity index (χ3n) is 5.18. The van der Waals surface area contributed by atoms with Gasteiger partial charge in [0.15, 0.2) is 0 Å². The first-order valence-electron chi connectivity index (χ1n) is 9.75. The van der Waals surface area contributed by atoms with Gasteiger partial charge in [-0.3, -0.25) is 9.69 Å². The van der Waals surface area contributed by atoms with Crippen LogP contribution in [0.2, 0.25) is 0 Å². The lowest BCUT2D eigenvalue weighted by Crippen LogP contribution is -2.29. The van der Waals surface area contributed by atoms with E-state index in [9.17, 15) is 4.79 Å². The Morgan fingerprint density at radius 1 is 1.04 bits per heavy atom. The molecule has 0 spiro atoms. The molecule has 0 aliphatic carbocycles. The smallest absolute Gasteiger partial charge is 0.255 e. The van der Waals surface area contributed by atoms with E-state index in [2.05, 4.69) is 28.4 Å². The van der Waals surface area contributed by atoms with Gasteiger partial charge in [-0.1, -0.05) is 30.7 Å². The summed E-state index contributed by atoms with van der Waals surface area (Å²) in [6.45, 7) is 3.29. The lowest BCUT2D eigenvalue weighted by atomic mass is 10.1. The fraction of sp³-hybridized carbons (Fsp3) is 0.261. The summed E-state index contributed by atoms with van der Waals surface area (Å²) in [7, 11) is 0. The van der Waals surface area contributed by atoms with E-state index in [1.165, 1.54) is 37.9 Å². The van der Waals surface area contributed by atoms with E-state index < -0.39 is 0 Å². The number of amides is 1. The zero-order valence-electron chi connectivity index (χ0n) is 15.9. The number of hydrogen-bond acceptors (Lipinski definition) is 4. The maximum absolute atomic E-state index is 12.7. The molecule has 144 valence electrons. The van der Waals surface area contributed by atoms with Gasteiger partial charge in [-0.25, -0.2) is 0 Å². The van der Waals surface area contributed by atoms with Crippen LogP contribution >= 0.6 is 11.3 Å². The molecule has 5 heteroatoms. The summed E-state index contributed by atoms with van der Waals surface area (Å²) in [6, 6.07) is 17.7. The number of anilines is 2. The number of likely N-dealkylation sites (tertiary alicyclic amines) is 1. The van der Waals surface area contributed by atoms with Crippen molar-refractivity contribution in [3.05, 3.63) is 71.1 Å². The van der Waals surface area contributed by atoms with Gasteiger partial charge in [0.25, 0.3) is 5.91 Å². The molecule has 0 saturated carbocycles. The fourth-order valence-corrected chi connectivity index (χ4v) is 4.32. The number of nitrogens with two attached hydrogens (primary N) is 1. The van der Waals surface area contributed by atoms with Crippen LogP contribution in [-0.4, -0.2) is 23.9 Å². The number of carbonyl (C=O) groups is 1. The molecule has 1 saturated heterocycles. The van der Waals surface area contributed by atoms with Crippen LogP contribution in [0.3, 0.4) is 0 Å². The molecule has 0 radical (unpaired) electrons. The Balaban J connectivity index is 1.44.